The van der Waals surface area contributed by atoms with Gasteiger partial charge in [0.25, 0.3) is 0 Å². The van der Waals surface area contributed by atoms with Crippen LogP contribution < -0.4 is 10.6 Å². The number of hydrogen-bond donors (Lipinski definition) is 2. The molecule has 0 spiro atoms. The maximum atomic E-state index is 4.38. The molecule has 0 radical (unpaired) electrons. The molecule has 5 heteroatoms. The van der Waals surface area contributed by atoms with E-state index in [9.17, 15) is 0 Å². The zero-order chi connectivity index (χ0) is 16.1. The van der Waals surface area contributed by atoms with Gasteiger partial charge in [0.1, 0.15) is 0 Å². The van der Waals surface area contributed by atoms with Crippen LogP contribution in [0.1, 0.15) is 37.4 Å². The van der Waals surface area contributed by atoms with E-state index in [1.165, 1.54) is 9.75 Å². The highest BCUT2D eigenvalue weighted by atomic mass is 32.1. The summed E-state index contributed by atoms with van der Waals surface area (Å²) in [5.74, 6) is 1.56. The second-order valence-electron chi connectivity index (χ2n) is 6.42. The molecule has 0 amide bonds. The van der Waals surface area contributed by atoms with Crippen molar-refractivity contribution in [3.05, 3.63) is 21.9 Å². The van der Waals surface area contributed by atoms with Crippen LogP contribution in [0.3, 0.4) is 0 Å². The van der Waals surface area contributed by atoms with Gasteiger partial charge in [-0.05, 0) is 38.3 Å². The Bertz CT molecular complexity index is 495. The van der Waals surface area contributed by atoms with Crippen molar-refractivity contribution in [3.63, 3.8) is 0 Å². The fraction of sp³-hybridized carbons (Fsp3) is 0.706. The van der Waals surface area contributed by atoms with Crippen LogP contribution in [0.25, 0.3) is 0 Å². The second kappa shape index (κ2) is 7.97. The minimum atomic E-state index is 0.475. The van der Waals surface area contributed by atoms with Crippen LogP contribution in [-0.2, 0) is 13.0 Å². The Morgan fingerprint density at radius 2 is 2.09 bits per heavy atom. The normalized spacial score (nSPS) is 23.3. The van der Waals surface area contributed by atoms with Gasteiger partial charge in [0.05, 0.1) is 6.54 Å². The number of aryl methyl sites for hydroxylation is 1. The third-order valence-corrected chi connectivity index (χ3v) is 5.64. The fourth-order valence-electron chi connectivity index (χ4n) is 2.86. The van der Waals surface area contributed by atoms with Crippen LogP contribution in [0, 0.1) is 5.92 Å². The van der Waals surface area contributed by atoms with Gasteiger partial charge in [-0.25, -0.2) is 0 Å². The molecule has 1 aliphatic heterocycles. The predicted molar refractivity (Wildman–Crippen MR) is 96.7 cm³/mol. The van der Waals surface area contributed by atoms with E-state index in [0.717, 1.165) is 32.0 Å². The monoisotopic (exact) mass is 322 g/mol. The maximum absolute atomic E-state index is 4.38. The quantitative estimate of drug-likeness (QED) is 0.647. The highest BCUT2D eigenvalue weighted by Gasteiger charge is 2.31. The Kier molecular flexibility index (Phi) is 6.26. The van der Waals surface area contributed by atoms with Gasteiger partial charge in [0.2, 0.25) is 0 Å². The van der Waals surface area contributed by atoms with Crippen LogP contribution in [0.4, 0.5) is 0 Å². The smallest absolute Gasteiger partial charge is 0.191 e. The molecule has 0 aromatic carbocycles. The molecule has 0 aliphatic carbocycles. The summed E-state index contributed by atoms with van der Waals surface area (Å²) in [6.45, 7) is 12.2. The summed E-state index contributed by atoms with van der Waals surface area (Å²) >= 11 is 1.88. The summed E-state index contributed by atoms with van der Waals surface area (Å²) < 4.78 is 0. The number of aliphatic imine (C=N–C) groups is 1. The Balaban J connectivity index is 1.85. The first kappa shape index (κ1) is 17.3. The lowest BCUT2D eigenvalue weighted by molar-refractivity contribution is 0.265. The van der Waals surface area contributed by atoms with Gasteiger partial charge >= 0.3 is 0 Å². The van der Waals surface area contributed by atoms with Crippen molar-refractivity contribution >= 4 is 17.3 Å². The van der Waals surface area contributed by atoms with Crippen molar-refractivity contribution in [3.8, 4) is 0 Å². The third kappa shape index (κ3) is 4.46. The summed E-state index contributed by atoms with van der Waals surface area (Å²) in [4.78, 5) is 9.71. The minimum absolute atomic E-state index is 0.475. The molecule has 2 unspecified atom stereocenters. The topological polar surface area (TPSA) is 39.7 Å². The number of nitrogens with zero attached hydrogens (tertiary/aromatic N) is 2. The average molecular weight is 323 g/mol. The van der Waals surface area contributed by atoms with E-state index < -0.39 is 0 Å². The largest absolute Gasteiger partial charge is 0.352 e. The highest BCUT2D eigenvalue weighted by Crippen LogP contribution is 2.19. The fourth-order valence-corrected chi connectivity index (χ4v) is 3.76. The van der Waals surface area contributed by atoms with Gasteiger partial charge in [0.15, 0.2) is 5.96 Å². The van der Waals surface area contributed by atoms with Crippen LogP contribution in [-0.4, -0.2) is 43.1 Å². The van der Waals surface area contributed by atoms with Gasteiger partial charge in [-0.1, -0.05) is 13.8 Å². The summed E-state index contributed by atoms with van der Waals surface area (Å²) in [7, 11) is 1.85. The lowest BCUT2D eigenvalue weighted by Crippen LogP contribution is -2.46. The van der Waals surface area contributed by atoms with Crippen LogP contribution in [0.15, 0.2) is 17.1 Å². The molecule has 1 aliphatic rings. The zero-order valence-corrected chi connectivity index (χ0v) is 15.3. The number of rotatable bonds is 5. The molecule has 1 aromatic rings. The minimum Gasteiger partial charge on any atom is -0.352 e. The van der Waals surface area contributed by atoms with Gasteiger partial charge in [-0.3, -0.25) is 9.89 Å². The molecule has 2 atom stereocenters. The Morgan fingerprint density at radius 3 is 2.64 bits per heavy atom. The van der Waals surface area contributed by atoms with Gasteiger partial charge < -0.3 is 10.6 Å². The summed E-state index contributed by atoms with van der Waals surface area (Å²) in [6, 6.07) is 5.52. The second-order valence-corrected chi connectivity index (χ2v) is 7.68. The molecular formula is C17H30N4S. The molecule has 1 saturated heterocycles. The molecule has 1 aromatic heterocycles. The number of nitrogens with one attached hydrogen (secondary N) is 2. The number of thiophene rings is 1. The molecule has 4 nitrogen and oxygen atoms in total. The standard InChI is InChI=1S/C17H30N4S/c1-6-14-7-8-15(22-14)9-19-17(18-5)20-16-11-21(12(2)3)10-13(16)4/h7-8,12-13,16H,6,9-11H2,1-5H3,(H2,18,19,20). The van der Waals surface area contributed by atoms with E-state index >= 15 is 0 Å². The third-order valence-electron chi connectivity index (χ3n) is 4.41. The lowest BCUT2D eigenvalue weighted by atomic mass is 10.1. The molecule has 2 heterocycles. The summed E-state index contributed by atoms with van der Waals surface area (Å²) in [5, 5.41) is 7.04. The van der Waals surface area contributed by atoms with E-state index in [-0.39, 0.29) is 0 Å². The van der Waals surface area contributed by atoms with Crippen LogP contribution >= 0.6 is 11.3 Å². The Labute approximate surface area is 139 Å². The first-order chi connectivity index (χ1) is 10.5. The average Bonchev–Trinajstić information content (AvgIpc) is 3.10. The van der Waals surface area contributed by atoms with Gasteiger partial charge in [0, 0.05) is 42.0 Å². The number of likely N-dealkylation sites (tertiary alicyclic amines) is 1. The Morgan fingerprint density at radius 1 is 1.36 bits per heavy atom. The number of hydrogen-bond acceptors (Lipinski definition) is 3. The Hall–Kier alpha value is -1.07. The van der Waals surface area contributed by atoms with Crippen molar-refractivity contribution in [1.29, 1.82) is 0 Å². The van der Waals surface area contributed by atoms with E-state index in [1.54, 1.807) is 0 Å². The van der Waals surface area contributed by atoms with Crippen molar-refractivity contribution < 1.29 is 0 Å². The maximum Gasteiger partial charge on any atom is 0.191 e. The molecular weight excluding hydrogens is 292 g/mol. The summed E-state index contributed by atoms with van der Waals surface area (Å²) in [6.07, 6.45) is 1.11. The van der Waals surface area contributed by atoms with Crippen molar-refractivity contribution in [2.45, 2.75) is 52.7 Å². The molecule has 1 fully saturated rings. The molecule has 22 heavy (non-hydrogen) atoms. The highest BCUT2D eigenvalue weighted by molar-refractivity contribution is 7.11. The summed E-state index contributed by atoms with van der Waals surface area (Å²) in [5.41, 5.74) is 0. The van der Waals surface area contributed by atoms with Crippen molar-refractivity contribution in [2.75, 3.05) is 20.1 Å². The van der Waals surface area contributed by atoms with Crippen molar-refractivity contribution in [1.82, 2.24) is 15.5 Å². The first-order valence-corrected chi connectivity index (χ1v) is 9.14. The molecule has 2 N–H and O–H groups in total. The first-order valence-electron chi connectivity index (χ1n) is 8.32. The van der Waals surface area contributed by atoms with Gasteiger partial charge in [-0.15, -0.1) is 11.3 Å². The molecule has 0 saturated carbocycles. The predicted octanol–water partition coefficient (Wildman–Crippen LogP) is 2.70. The van der Waals surface area contributed by atoms with Crippen molar-refractivity contribution in [2.24, 2.45) is 10.9 Å². The van der Waals surface area contributed by atoms with E-state index in [4.69, 9.17) is 0 Å². The molecule has 0 bridgehead atoms. The van der Waals surface area contributed by atoms with Crippen LogP contribution in [0.2, 0.25) is 0 Å². The molecule has 124 valence electrons. The number of guanidine groups is 1. The lowest BCUT2D eigenvalue weighted by Gasteiger charge is -2.21. The molecule has 2 rings (SSSR count). The van der Waals surface area contributed by atoms with E-state index in [0.29, 0.717) is 18.0 Å². The van der Waals surface area contributed by atoms with E-state index in [1.807, 2.05) is 18.4 Å². The zero-order valence-electron chi connectivity index (χ0n) is 14.5. The SMILES string of the molecule is CCc1ccc(CNC(=NC)NC2CN(C(C)C)CC2C)s1. The van der Waals surface area contributed by atoms with Gasteiger partial charge in [-0.2, -0.15) is 0 Å². The van der Waals surface area contributed by atoms with E-state index in [2.05, 4.69) is 60.4 Å². The van der Waals surface area contributed by atoms with Crippen LogP contribution in [0.5, 0.6) is 0 Å².